The Morgan fingerprint density at radius 3 is 2.67 bits per heavy atom. The molecule has 1 aromatic rings. The van der Waals surface area contributed by atoms with Crippen molar-refractivity contribution in [2.24, 2.45) is 12.8 Å². The molecule has 0 saturated heterocycles. The lowest BCUT2D eigenvalue weighted by Crippen LogP contribution is -2.31. The standard InChI is InChI=1S/C13H26N4O/c1-13(2,3)12-10(9-17(4)16-12)11(8-14)15-6-5-7-18/h9,11,15,18H,5-8,14H2,1-4H3. The number of nitrogens with two attached hydrogens (primary N) is 1. The van der Waals surface area contributed by atoms with E-state index < -0.39 is 0 Å². The van der Waals surface area contributed by atoms with Crippen LogP contribution >= 0.6 is 0 Å². The van der Waals surface area contributed by atoms with Gasteiger partial charge in [0, 0.05) is 43.4 Å². The number of nitrogens with one attached hydrogen (secondary N) is 1. The Labute approximate surface area is 109 Å². The highest BCUT2D eigenvalue weighted by atomic mass is 16.3. The van der Waals surface area contributed by atoms with E-state index in [-0.39, 0.29) is 18.1 Å². The topological polar surface area (TPSA) is 76.1 Å². The fraction of sp³-hybridized carbons (Fsp3) is 0.769. The zero-order valence-corrected chi connectivity index (χ0v) is 11.9. The third-order valence-corrected chi connectivity index (χ3v) is 2.90. The average molecular weight is 254 g/mol. The van der Waals surface area contributed by atoms with Crippen LogP contribution in [0.25, 0.3) is 0 Å². The third kappa shape index (κ3) is 3.80. The predicted octanol–water partition coefficient (Wildman–Crippen LogP) is 0.689. The van der Waals surface area contributed by atoms with Crippen LogP contribution in [0.2, 0.25) is 0 Å². The zero-order valence-electron chi connectivity index (χ0n) is 11.9. The van der Waals surface area contributed by atoms with E-state index in [9.17, 15) is 0 Å². The Balaban J connectivity index is 2.91. The van der Waals surface area contributed by atoms with Crippen molar-refractivity contribution >= 4 is 0 Å². The summed E-state index contributed by atoms with van der Waals surface area (Å²) in [5.74, 6) is 0. The summed E-state index contributed by atoms with van der Waals surface area (Å²) in [6.45, 7) is 7.95. The Morgan fingerprint density at radius 2 is 2.17 bits per heavy atom. The lowest BCUT2D eigenvalue weighted by Gasteiger charge is -2.22. The fourth-order valence-corrected chi connectivity index (χ4v) is 2.02. The molecule has 1 heterocycles. The first-order valence-electron chi connectivity index (χ1n) is 6.48. The third-order valence-electron chi connectivity index (χ3n) is 2.90. The quantitative estimate of drug-likeness (QED) is 0.653. The second kappa shape index (κ2) is 6.31. The molecular weight excluding hydrogens is 228 g/mol. The summed E-state index contributed by atoms with van der Waals surface area (Å²) in [5.41, 5.74) is 8.09. The zero-order chi connectivity index (χ0) is 13.8. The SMILES string of the molecule is Cn1cc(C(CN)NCCCO)c(C(C)(C)C)n1. The van der Waals surface area contributed by atoms with Crippen LogP contribution in [-0.2, 0) is 12.5 Å². The van der Waals surface area contributed by atoms with Crippen molar-refractivity contribution < 1.29 is 5.11 Å². The minimum absolute atomic E-state index is 0.00265. The van der Waals surface area contributed by atoms with Gasteiger partial charge in [0.05, 0.1) is 5.69 Å². The highest BCUT2D eigenvalue weighted by molar-refractivity contribution is 5.27. The minimum Gasteiger partial charge on any atom is -0.396 e. The Kier molecular flexibility index (Phi) is 5.31. The molecule has 104 valence electrons. The van der Waals surface area contributed by atoms with Crippen LogP contribution < -0.4 is 11.1 Å². The Bertz CT molecular complexity index is 368. The molecule has 0 aromatic carbocycles. The summed E-state index contributed by atoms with van der Waals surface area (Å²) in [6, 6.07) is 0.0967. The van der Waals surface area contributed by atoms with Crippen molar-refractivity contribution in [2.45, 2.75) is 38.6 Å². The van der Waals surface area contributed by atoms with Gasteiger partial charge in [-0.1, -0.05) is 20.8 Å². The molecule has 4 N–H and O–H groups in total. The van der Waals surface area contributed by atoms with Gasteiger partial charge in [-0.05, 0) is 13.0 Å². The molecule has 0 radical (unpaired) electrons. The summed E-state index contributed by atoms with van der Waals surface area (Å²) in [7, 11) is 1.93. The van der Waals surface area contributed by atoms with Crippen LogP contribution in [0.5, 0.6) is 0 Å². The molecule has 1 aromatic heterocycles. The molecule has 0 aliphatic rings. The van der Waals surface area contributed by atoms with Crippen LogP contribution in [0, 0.1) is 0 Å². The van der Waals surface area contributed by atoms with Crippen LogP contribution in [-0.4, -0.2) is 34.6 Å². The molecule has 0 aliphatic heterocycles. The molecule has 5 heteroatoms. The molecule has 0 fully saturated rings. The molecule has 1 unspecified atom stereocenters. The van der Waals surface area contributed by atoms with Gasteiger partial charge in [0.15, 0.2) is 0 Å². The van der Waals surface area contributed by atoms with E-state index in [2.05, 4.69) is 31.2 Å². The Morgan fingerprint density at radius 1 is 1.50 bits per heavy atom. The lowest BCUT2D eigenvalue weighted by atomic mass is 9.87. The van der Waals surface area contributed by atoms with E-state index in [1.54, 1.807) is 0 Å². The first kappa shape index (κ1) is 15.1. The van der Waals surface area contributed by atoms with E-state index in [0.29, 0.717) is 6.54 Å². The average Bonchev–Trinajstić information content (AvgIpc) is 2.66. The van der Waals surface area contributed by atoms with Crippen molar-refractivity contribution in [3.63, 3.8) is 0 Å². The molecule has 0 bridgehead atoms. The lowest BCUT2D eigenvalue weighted by molar-refractivity contribution is 0.283. The summed E-state index contributed by atoms with van der Waals surface area (Å²) in [4.78, 5) is 0. The maximum absolute atomic E-state index is 8.82. The highest BCUT2D eigenvalue weighted by Crippen LogP contribution is 2.27. The normalized spacial score (nSPS) is 13.9. The molecule has 0 amide bonds. The summed E-state index contributed by atoms with van der Waals surface area (Å²) >= 11 is 0. The molecule has 0 saturated carbocycles. The number of aliphatic hydroxyl groups excluding tert-OH is 1. The van der Waals surface area contributed by atoms with Gasteiger partial charge in [0.25, 0.3) is 0 Å². The molecular formula is C13H26N4O. The van der Waals surface area contributed by atoms with Gasteiger partial charge in [0.1, 0.15) is 0 Å². The number of aliphatic hydroxyl groups is 1. The number of aromatic nitrogens is 2. The fourth-order valence-electron chi connectivity index (χ4n) is 2.02. The molecule has 18 heavy (non-hydrogen) atoms. The number of aryl methyl sites for hydroxylation is 1. The van der Waals surface area contributed by atoms with Crippen molar-refractivity contribution in [1.82, 2.24) is 15.1 Å². The molecule has 1 rings (SSSR count). The molecule has 0 aliphatic carbocycles. The van der Waals surface area contributed by atoms with Crippen molar-refractivity contribution in [2.75, 3.05) is 19.7 Å². The highest BCUT2D eigenvalue weighted by Gasteiger charge is 2.25. The maximum atomic E-state index is 8.82. The predicted molar refractivity (Wildman–Crippen MR) is 73.4 cm³/mol. The van der Waals surface area contributed by atoms with E-state index in [0.717, 1.165) is 24.2 Å². The first-order chi connectivity index (χ1) is 8.40. The second-order valence-corrected chi connectivity index (χ2v) is 5.68. The summed E-state index contributed by atoms with van der Waals surface area (Å²) in [5, 5.41) is 16.7. The summed E-state index contributed by atoms with van der Waals surface area (Å²) < 4.78 is 1.84. The van der Waals surface area contributed by atoms with Gasteiger partial charge in [-0.15, -0.1) is 0 Å². The van der Waals surface area contributed by atoms with Crippen LogP contribution in [0.4, 0.5) is 0 Å². The largest absolute Gasteiger partial charge is 0.396 e. The Hall–Kier alpha value is -0.910. The maximum Gasteiger partial charge on any atom is 0.0726 e. The monoisotopic (exact) mass is 254 g/mol. The smallest absolute Gasteiger partial charge is 0.0726 e. The molecule has 5 nitrogen and oxygen atoms in total. The van der Waals surface area contributed by atoms with Crippen LogP contribution in [0.15, 0.2) is 6.20 Å². The second-order valence-electron chi connectivity index (χ2n) is 5.68. The van der Waals surface area contributed by atoms with E-state index in [1.807, 2.05) is 17.9 Å². The van der Waals surface area contributed by atoms with Gasteiger partial charge in [0.2, 0.25) is 0 Å². The van der Waals surface area contributed by atoms with E-state index in [1.165, 1.54) is 0 Å². The number of nitrogens with zero attached hydrogens (tertiary/aromatic N) is 2. The summed E-state index contributed by atoms with van der Waals surface area (Å²) in [6.07, 6.45) is 2.77. The first-order valence-corrected chi connectivity index (χ1v) is 6.48. The van der Waals surface area contributed by atoms with Gasteiger partial charge in [-0.25, -0.2) is 0 Å². The van der Waals surface area contributed by atoms with Crippen molar-refractivity contribution in [3.8, 4) is 0 Å². The van der Waals surface area contributed by atoms with Crippen molar-refractivity contribution in [3.05, 3.63) is 17.5 Å². The van der Waals surface area contributed by atoms with Crippen LogP contribution in [0.3, 0.4) is 0 Å². The number of hydrogen-bond donors (Lipinski definition) is 3. The number of hydrogen-bond acceptors (Lipinski definition) is 4. The number of rotatable bonds is 6. The van der Waals surface area contributed by atoms with Gasteiger partial charge >= 0.3 is 0 Å². The van der Waals surface area contributed by atoms with Gasteiger partial charge < -0.3 is 16.2 Å². The van der Waals surface area contributed by atoms with E-state index in [4.69, 9.17) is 10.8 Å². The molecule has 0 spiro atoms. The van der Waals surface area contributed by atoms with Crippen molar-refractivity contribution in [1.29, 1.82) is 0 Å². The minimum atomic E-state index is 0.00265. The van der Waals surface area contributed by atoms with E-state index >= 15 is 0 Å². The van der Waals surface area contributed by atoms with Gasteiger partial charge in [-0.2, -0.15) is 5.10 Å². The van der Waals surface area contributed by atoms with Crippen LogP contribution in [0.1, 0.15) is 44.5 Å². The molecule has 1 atom stereocenters. The van der Waals surface area contributed by atoms with Gasteiger partial charge in [-0.3, -0.25) is 4.68 Å².